The second-order valence-corrected chi connectivity index (χ2v) is 6.10. The molecule has 3 rings (SSSR count). The van der Waals surface area contributed by atoms with Gasteiger partial charge >= 0.3 is 0 Å². The number of rotatable bonds is 2. The smallest absolute Gasteiger partial charge is 0.260 e. The molecule has 1 saturated carbocycles. The summed E-state index contributed by atoms with van der Waals surface area (Å²) < 4.78 is 14.0. The van der Waals surface area contributed by atoms with Crippen molar-refractivity contribution in [3.63, 3.8) is 0 Å². The summed E-state index contributed by atoms with van der Waals surface area (Å²) in [6.45, 7) is 7.06. The van der Waals surface area contributed by atoms with Crippen molar-refractivity contribution in [1.29, 1.82) is 0 Å². The van der Waals surface area contributed by atoms with E-state index in [1.807, 2.05) is 0 Å². The predicted molar refractivity (Wildman–Crippen MR) is 63.4 cm³/mol. The highest BCUT2D eigenvalue weighted by Gasteiger charge is 2.54. The van der Waals surface area contributed by atoms with Gasteiger partial charge in [-0.1, -0.05) is 6.92 Å². The fraction of sp³-hybridized carbons (Fsp3) is 0.923. The number of alkyl halides is 1. The van der Waals surface area contributed by atoms with Crippen LogP contribution in [0.2, 0.25) is 0 Å². The Labute approximate surface area is 102 Å². The van der Waals surface area contributed by atoms with Crippen molar-refractivity contribution in [1.82, 2.24) is 9.80 Å². The minimum absolute atomic E-state index is 0.232. The number of carbonyl (C=O) groups excluding carboxylic acids is 1. The molecule has 0 aromatic heterocycles. The highest BCUT2D eigenvalue weighted by molar-refractivity contribution is 5.87. The average molecular weight is 240 g/mol. The molecule has 0 N–H and O–H groups in total. The van der Waals surface area contributed by atoms with Gasteiger partial charge in [-0.05, 0) is 38.8 Å². The molecule has 1 amide bonds. The lowest BCUT2D eigenvalue weighted by Crippen LogP contribution is -2.64. The lowest BCUT2D eigenvalue weighted by atomic mass is 9.75. The molecule has 0 radical (unpaired) electrons. The number of halogens is 1. The Morgan fingerprint density at radius 1 is 1.24 bits per heavy atom. The molecule has 4 heteroatoms. The van der Waals surface area contributed by atoms with E-state index in [0.717, 1.165) is 39.1 Å². The molecule has 3 fully saturated rings. The van der Waals surface area contributed by atoms with Crippen LogP contribution in [0.25, 0.3) is 0 Å². The lowest BCUT2D eigenvalue weighted by Gasteiger charge is -2.51. The van der Waals surface area contributed by atoms with Crippen molar-refractivity contribution >= 4 is 5.91 Å². The summed E-state index contributed by atoms with van der Waals surface area (Å²) in [6.07, 6.45) is 2.92. The van der Waals surface area contributed by atoms with E-state index in [1.165, 1.54) is 6.42 Å². The molecule has 0 aromatic rings. The van der Waals surface area contributed by atoms with E-state index in [4.69, 9.17) is 0 Å². The maximum atomic E-state index is 14.0. The van der Waals surface area contributed by atoms with Gasteiger partial charge in [0.25, 0.3) is 5.91 Å². The van der Waals surface area contributed by atoms with Crippen molar-refractivity contribution in [3.05, 3.63) is 0 Å². The van der Waals surface area contributed by atoms with E-state index >= 15 is 0 Å². The summed E-state index contributed by atoms with van der Waals surface area (Å²) in [7, 11) is 0. The monoisotopic (exact) mass is 240 g/mol. The Morgan fingerprint density at radius 2 is 1.94 bits per heavy atom. The quantitative estimate of drug-likeness (QED) is 0.729. The molecule has 0 unspecified atom stereocenters. The van der Waals surface area contributed by atoms with Crippen LogP contribution < -0.4 is 0 Å². The highest BCUT2D eigenvalue weighted by Crippen LogP contribution is 2.44. The van der Waals surface area contributed by atoms with Gasteiger partial charge in [0, 0.05) is 25.0 Å². The first-order valence-electron chi connectivity index (χ1n) is 6.78. The molecule has 0 atom stereocenters. The normalized spacial score (nSPS) is 30.1. The number of likely N-dealkylation sites (tertiary alicyclic amines) is 2. The van der Waals surface area contributed by atoms with E-state index in [2.05, 4.69) is 11.8 Å². The van der Waals surface area contributed by atoms with Crippen molar-refractivity contribution in [3.8, 4) is 0 Å². The largest absolute Gasteiger partial charge is 0.339 e. The van der Waals surface area contributed by atoms with Gasteiger partial charge in [-0.25, -0.2) is 4.39 Å². The first-order chi connectivity index (χ1) is 8.07. The Balaban J connectivity index is 1.56. The zero-order chi connectivity index (χ0) is 12.1. The number of hydrogen-bond acceptors (Lipinski definition) is 2. The van der Waals surface area contributed by atoms with Gasteiger partial charge in [0.1, 0.15) is 0 Å². The van der Waals surface area contributed by atoms with Crippen LogP contribution in [0.4, 0.5) is 4.39 Å². The standard InChI is InChI=1S/C13H21FN2O/c1-2-15-7-6-12(8-15)9-16(10-12)11(17)13(14)4-3-5-13/h2-10H2,1H3. The van der Waals surface area contributed by atoms with E-state index < -0.39 is 5.67 Å². The van der Waals surface area contributed by atoms with Crippen molar-refractivity contribution in [2.75, 3.05) is 32.7 Å². The Hall–Kier alpha value is -0.640. The summed E-state index contributed by atoms with van der Waals surface area (Å²) in [5.41, 5.74) is -1.20. The second kappa shape index (κ2) is 3.67. The number of carbonyl (C=O) groups is 1. The van der Waals surface area contributed by atoms with E-state index in [9.17, 15) is 9.18 Å². The van der Waals surface area contributed by atoms with E-state index in [1.54, 1.807) is 4.90 Å². The fourth-order valence-electron chi connectivity index (χ4n) is 3.45. The van der Waals surface area contributed by atoms with Gasteiger partial charge in [0.2, 0.25) is 0 Å². The minimum Gasteiger partial charge on any atom is -0.339 e. The zero-order valence-electron chi connectivity index (χ0n) is 10.5. The molecular formula is C13H21FN2O. The molecular weight excluding hydrogens is 219 g/mol. The fourth-order valence-corrected chi connectivity index (χ4v) is 3.45. The molecule has 1 spiro atoms. The minimum atomic E-state index is -1.50. The summed E-state index contributed by atoms with van der Waals surface area (Å²) in [6, 6.07) is 0. The molecule has 2 aliphatic heterocycles. The third-order valence-electron chi connectivity index (χ3n) is 4.83. The van der Waals surface area contributed by atoms with Crippen molar-refractivity contribution in [2.45, 2.75) is 38.3 Å². The third-order valence-corrected chi connectivity index (χ3v) is 4.83. The van der Waals surface area contributed by atoms with Crippen LogP contribution in [0.3, 0.4) is 0 Å². The molecule has 2 saturated heterocycles. The molecule has 96 valence electrons. The van der Waals surface area contributed by atoms with E-state index in [0.29, 0.717) is 18.3 Å². The SMILES string of the molecule is CCN1CCC2(C1)CN(C(=O)C1(F)CCC1)C2. The molecule has 0 aromatic carbocycles. The molecule has 1 aliphatic carbocycles. The van der Waals surface area contributed by atoms with Crippen LogP contribution in [0.5, 0.6) is 0 Å². The van der Waals surface area contributed by atoms with Crippen LogP contribution in [0.1, 0.15) is 32.6 Å². The summed E-state index contributed by atoms with van der Waals surface area (Å²) in [4.78, 5) is 16.1. The van der Waals surface area contributed by atoms with Crippen LogP contribution in [0.15, 0.2) is 0 Å². The Morgan fingerprint density at radius 3 is 2.41 bits per heavy atom. The summed E-state index contributed by atoms with van der Waals surface area (Å²) >= 11 is 0. The van der Waals surface area contributed by atoms with E-state index in [-0.39, 0.29) is 5.91 Å². The molecule has 2 heterocycles. The van der Waals surface area contributed by atoms with Gasteiger partial charge in [0.15, 0.2) is 5.67 Å². The van der Waals surface area contributed by atoms with Gasteiger partial charge in [-0.15, -0.1) is 0 Å². The number of nitrogens with zero attached hydrogens (tertiary/aromatic N) is 2. The van der Waals surface area contributed by atoms with Crippen LogP contribution in [-0.4, -0.2) is 54.1 Å². The van der Waals surface area contributed by atoms with Gasteiger partial charge < -0.3 is 9.80 Å². The second-order valence-electron chi connectivity index (χ2n) is 6.10. The number of hydrogen-bond donors (Lipinski definition) is 0. The van der Waals surface area contributed by atoms with Crippen LogP contribution >= 0.6 is 0 Å². The van der Waals surface area contributed by atoms with Gasteiger partial charge in [-0.2, -0.15) is 0 Å². The van der Waals surface area contributed by atoms with Crippen molar-refractivity contribution < 1.29 is 9.18 Å². The topological polar surface area (TPSA) is 23.6 Å². The van der Waals surface area contributed by atoms with Crippen LogP contribution in [-0.2, 0) is 4.79 Å². The Kier molecular flexibility index (Phi) is 2.47. The molecule has 0 bridgehead atoms. The maximum absolute atomic E-state index is 14.0. The number of amides is 1. The Bertz CT molecular complexity index is 334. The predicted octanol–water partition coefficient (Wildman–Crippen LogP) is 1.43. The van der Waals surface area contributed by atoms with Gasteiger partial charge in [0.05, 0.1) is 0 Å². The zero-order valence-corrected chi connectivity index (χ0v) is 10.5. The third kappa shape index (κ3) is 1.68. The first kappa shape index (κ1) is 11.5. The summed E-state index contributed by atoms with van der Waals surface area (Å²) in [5, 5.41) is 0. The molecule has 3 aliphatic rings. The van der Waals surface area contributed by atoms with Gasteiger partial charge in [-0.3, -0.25) is 4.79 Å². The molecule has 3 nitrogen and oxygen atoms in total. The average Bonchev–Trinajstić information content (AvgIpc) is 2.67. The summed E-state index contributed by atoms with van der Waals surface area (Å²) in [5.74, 6) is -0.232. The lowest BCUT2D eigenvalue weighted by molar-refractivity contribution is -0.161. The molecule has 17 heavy (non-hydrogen) atoms. The van der Waals surface area contributed by atoms with Crippen LogP contribution in [0, 0.1) is 5.41 Å². The van der Waals surface area contributed by atoms with Crippen molar-refractivity contribution in [2.24, 2.45) is 5.41 Å². The first-order valence-corrected chi connectivity index (χ1v) is 6.78. The maximum Gasteiger partial charge on any atom is 0.260 e. The highest BCUT2D eigenvalue weighted by atomic mass is 19.1.